The van der Waals surface area contributed by atoms with E-state index in [1.54, 1.807) is 14.1 Å². The van der Waals surface area contributed by atoms with Crippen LogP contribution in [0.15, 0.2) is 0 Å². The van der Waals surface area contributed by atoms with Crippen LogP contribution in [0.3, 0.4) is 0 Å². The number of carbonyl (C=O) groups is 2. The Kier molecular flexibility index (Phi) is 5.16. The molecule has 0 N–H and O–H groups in total. The van der Waals surface area contributed by atoms with Gasteiger partial charge in [-0.2, -0.15) is 13.2 Å². The second-order valence-electron chi connectivity index (χ2n) is 4.59. The molecule has 0 saturated carbocycles. The van der Waals surface area contributed by atoms with Crippen LogP contribution < -0.4 is 0 Å². The molecule has 1 heterocycles. The maximum absolute atomic E-state index is 11.9. The number of ether oxygens (including phenoxy) is 1. The summed E-state index contributed by atoms with van der Waals surface area (Å²) in [7, 11) is 3.15. The summed E-state index contributed by atoms with van der Waals surface area (Å²) in [6.07, 6.45) is -3.26. The van der Waals surface area contributed by atoms with Gasteiger partial charge in [0.1, 0.15) is 19.3 Å². The van der Waals surface area contributed by atoms with E-state index in [9.17, 15) is 22.8 Å². The normalized spacial score (nSPS) is 19.6. The van der Waals surface area contributed by atoms with Crippen LogP contribution in [0.1, 0.15) is 12.8 Å². The van der Waals surface area contributed by atoms with Crippen molar-refractivity contribution in [3.8, 4) is 0 Å². The molecule has 1 aliphatic rings. The van der Waals surface area contributed by atoms with Crippen molar-refractivity contribution in [1.82, 2.24) is 9.80 Å². The number of carbonyl (C=O) groups excluding carboxylic acids is 2. The highest BCUT2D eigenvalue weighted by Gasteiger charge is 2.35. The Morgan fingerprint density at radius 1 is 1.37 bits per heavy atom. The second-order valence-corrected chi connectivity index (χ2v) is 4.59. The van der Waals surface area contributed by atoms with E-state index in [2.05, 4.69) is 4.74 Å². The van der Waals surface area contributed by atoms with Crippen molar-refractivity contribution in [1.29, 1.82) is 0 Å². The summed E-state index contributed by atoms with van der Waals surface area (Å²) in [5.74, 6) is -0.802. The summed E-state index contributed by atoms with van der Waals surface area (Å²) in [6, 6.07) is -0.586. The van der Waals surface area contributed by atoms with Crippen LogP contribution in [-0.4, -0.2) is 67.7 Å². The SMILES string of the molecule is CN(C)C(=O)C1CCCN1C(=O)COCC(F)(F)F. The summed E-state index contributed by atoms with van der Waals surface area (Å²) in [4.78, 5) is 26.2. The zero-order valence-corrected chi connectivity index (χ0v) is 10.9. The van der Waals surface area contributed by atoms with Crippen molar-refractivity contribution < 1.29 is 27.5 Å². The highest BCUT2D eigenvalue weighted by Crippen LogP contribution is 2.19. The first-order valence-electron chi connectivity index (χ1n) is 5.87. The Hall–Kier alpha value is -1.31. The lowest BCUT2D eigenvalue weighted by Gasteiger charge is -2.26. The summed E-state index contributed by atoms with van der Waals surface area (Å²) in [5.41, 5.74) is 0. The number of halogens is 3. The molecule has 1 rings (SSSR count). The lowest BCUT2D eigenvalue weighted by molar-refractivity contribution is -0.178. The molecule has 0 aromatic carbocycles. The van der Waals surface area contributed by atoms with E-state index >= 15 is 0 Å². The first-order chi connectivity index (χ1) is 8.72. The van der Waals surface area contributed by atoms with Crippen molar-refractivity contribution >= 4 is 11.8 Å². The number of nitrogens with zero attached hydrogens (tertiary/aromatic N) is 2. The van der Waals surface area contributed by atoms with Gasteiger partial charge in [0.15, 0.2) is 0 Å². The molecule has 1 unspecified atom stereocenters. The van der Waals surface area contributed by atoms with Gasteiger partial charge in [0.05, 0.1) is 0 Å². The van der Waals surface area contributed by atoms with Gasteiger partial charge in [0.2, 0.25) is 11.8 Å². The number of likely N-dealkylation sites (tertiary alicyclic amines) is 1. The summed E-state index contributed by atoms with van der Waals surface area (Å²) in [6.45, 7) is -1.74. The van der Waals surface area contributed by atoms with E-state index in [1.807, 2.05) is 0 Å². The fraction of sp³-hybridized carbons (Fsp3) is 0.818. The average Bonchev–Trinajstić information content (AvgIpc) is 2.74. The van der Waals surface area contributed by atoms with Crippen molar-refractivity contribution in [2.45, 2.75) is 25.1 Å². The molecule has 0 spiro atoms. The molecule has 2 amide bonds. The third kappa shape index (κ3) is 4.70. The largest absolute Gasteiger partial charge is 0.411 e. The van der Waals surface area contributed by atoms with Gasteiger partial charge in [-0.15, -0.1) is 0 Å². The summed E-state index contributed by atoms with van der Waals surface area (Å²) < 4.78 is 40.0. The van der Waals surface area contributed by atoms with Crippen molar-refractivity contribution in [3.63, 3.8) is 0 Å². The van der Waals surface area contributed by atoms with Crippen LogP contribution in [0.4, 0.5) is 13.2 Å². The highest BCUT2D eigenvalue weighted by atomic mass is 19.4. The van der Waals surface area contributed by atoms with Gasteiger partial charge < -0.3 is 14.5 Å². The van der Waals surface area contributed by atoms with Gasteiger partial charge in [-0.25, -0.2) is 0 Å². The molecule has 1 aliphatic heterocycles. The molecule has 19 heavy (non-hydrogen) atoms. The van der Waals surface area contributed by atoms with Crippen LogP contribution in [-0.2, 0) is 14.3 Å². The molecule has 5 nitrogen and oxygen atoms in total. The van der Waals surface area contributed by atoms with E-state index in [1.165, 1.54) is 9.80 Å². The van der Waals surface area contributed by atoms with E-state index in [0.717, 1.165) is 0 Å². The standard InChI is InChI=1S/C11H17F3N2O3/c1-15(2)10(18)8-4-3-5-16(8)9(17)6-19-7-11(12,13)14/h8H,3-7H2,1-2H3. The molecular formula is C11H17F3N2O3. The highest BCUT2D eigenvalue weighted by molar-refractivity contribution is 5.88. The van der Waals surface area contributed by atoms with Gasteiger partial charge in [-0.1, -0.05) is 0 Å². The fourth-order valence-electron chi connectivity index (χ4n) is 1.96. The van der Waals surface area contributed by atoms with Crippen LogP contribution in [0.2, 0.25) is 0 Å². The number of rotatable bonds is 4. The Morgan fingerprint density at radius 2 is 2.00 bits per heavy atom. The van der Waals surface area contributed by atoms with E-state index in [4.69, 9.17) is 0 Å². The third-order valence-electron chi connectivity index (χ3n) is 2.79. The molecule has 110 valence electrons. The minimum atomic E-state index is -4.45. The topological polar surface area (TPSA) is 49.9 Å². The minimum absolute atomic E-state index is 0.221. The van der Waals surface area contributed by atoms with Gasteiger partial charge in [0.25, 0.3) is 0 Å². The molecule has 0 bridgehead atoms. The van der Waals surface area contributed by atoms with Crippen LogP contribution in [0.25, 0.3) is 0 Å². The number of likely N-dealkylation sites (N-methyl/N-ethyl adjacent to an activating group) is 1. The molecule has 1 atom stereocenters. The van der Waals surface area contributed by atoms with E-state index in [0.29, 0.717) is 19.4 Å². The smallest absolute Gasteiger partial charge is 0.362 e. The molecule has 0 aromatic heterocycles. The number of amides is 2. The predicted octanol–water partition coefficient (Wildman–Crippen LogP) is 0.644. The second kappa shape index (κ2) is 6.23. The van der Waals surface area contributed by atoms with E-state index < -0.39 is 31.3 Å². The molecule has 1 saturated heterocycles. The maximum Gasteiger partial charge on any atom is 0.411 e. The molecule has 0 radical (unpaired) electrons. The monoisotopic (exact) mass is 282 g/mol. The number of alkyl halides is 3. The Bertz CT molecular complexity index is 345. The molecule has 8 heteroatoms. The molecular weight excluding hydrogens is 265 g/mol. The molecule has 1 fully saturated rings. The van der Waals surface area contributed by atoms with Gasteiger partial charge in [0, 0.05) is 20.6 Å². The Labute approximate surface area is 109 Å². The number of hydrogen-bond donors (Lipinski definition) is 0. The molecule has 0 aromatic rings. The quantitative estimate of drug-likeness (QED) is 0.760. The lowest BCUT2D eigenvalue weighted by atomic mass is 10.2. The zero-order valence-electron chi connectivity index (χ0n) is 10.9. The summed E-state index contributed by atoms with van der Waals surface area (Å²) in [5, 5.41) is 0. The average molecular weight is 282 g/mol. The van der Waals surface area contributed by atoms with Crippen molar-refractivity contribution in [3.05, 3.63) is 0 Å². The van der Waals surface area contributed by atoms with Crippen molar-refractivity contribution in [2.75, 3.05) is 33.9 Å². The Balaban J connectivity index is 2.49. The molecule has 0 aliphatic carbocycles. The first kappa shape index (κ1) is 15.7. The summed E-state index contributed by atoms with van der Waals surface area (Å²) >= 11 is 0. The van der Waals surface area contributed by atoms with Crippen LogP contribution in [0, 0.1) is 0 Å². The third-order valence-corrected chi connectivity index (χ3v) is 2.79. The van der Waals surface area contributed by atoms with Crippen LogP contribution in [0.5, 0.6) is 0 Å². The first-order valence-corrected chi connectivity index (χ1v) is 5.87. The van der Waals surface area contributed by atoms with Gasteiger partial charge in [-0.3, -0.25) is 9.59 Å². The van der Waals surface area contributed by atoms with E-state index in [-0.39, 0.29) is 5.91 Å². The maximum atomic E-state index is 11.9. The van der Waals surface area contributed by atoms with Crippen molar-refractivity contribution in [2.24, 2.45) is 0 Å². The predicted molar refractivity (Wildman–Crippen MR) is 60.3 cm³/mol. The van der Waals surface area contributed by atoms with Gasteiger partial charge in [-0.05, 0) is 12.8 Å². The number of hydrogen-bond acceptors (Lipinski definition) is 3. The Morgan fingerprint density at radius 3 is 2.53 bits per heavy atom. The van der Waals surface area contributed by atoms with Crippen LogP contribution >= 0.6 is 0 Å². The fourth-order valence-corrected chi connectivity index (χ4v) is 1.96. The minimum Gasteiger partial charge on any atom is -0.362 e. The lowest BCUT2D eigenvalue weighted by Crippen LogP contribution is -2.46. The zero-order chi connectivity index (χ0) is 14.6. The van der Waals surface area contributed by atoms with Gasteiger partial charge >= 0.3 is 6.18 Å².